The second-order valence-corrected chi connectivity index (χ2v) is 14.4. The fourth-order valence-corrected chi connectivity index (χ4v) is 6.53. The van der Waals surface area contributed by atoms with E-state index in [-0.39, 0.29) is 12.5 Å². The maximum absolute atomic E-state index is 12.2. The Kier molecular flexibility index (Phi) is 37.8. The van der Waals surface area contributed by atoms with Gasteiger partial charge in [-0.25, -0.2) is 0 Å². The number of rotatable bonds is 38. The SMILES string of the molecule is CCCCCCCCCCCCCCCCCCCCCCCCCC/C=C/C(O)C(CO)NC(=O)CCCCCCCCCC. The number of allylic oxidation sites excluding steroid dienone is 1. The van der Waals surface area contributed by atoms with E-state index in [1.165, 1.54) is 186 Å². The largest absolute Gasteiger partial charge is 0.394 e. The molecule has 1 amide bonds. The number of amides is 1. The molecule has 0 heterocycles. The smallest absolute Gasteiger partial charge is 0.220 e. The molecule has 2 atom stereocenters. The molecule has 0 saturated heterocycles. The molecular weight excluding hydrogens is 566 g/mol. The molecular formula is C42H83NO3. The van der Waals surface area contributed by atoms with E-state index in [0.29, 0.717) is 6.42 Å². The average Bonchev–Trinajstić information content (AvgIpc) is 3.06. The minimum Gasteiger partial charge on any atom is -0.394 e. The summed E-state index contributed by atoms with van der Waals surface area (Å²) in [6.07, 6.45) is 47.6. The summed E-state index contributed by atoms with van der Waals surface area (Å²) in [5.74, 6) is -0.0671. The van der Waals surface area contributed by atoms with Crippen LogP contribution in [0.4, 0.5) is 0 Å². The molecule has 0 spiro atoms. The molecule has 46 heavy (non-hydrogen) atoms. The summed E-state index contributed by atoms with van der Waals surface area (Å²) in [5, 5.41) is 22.9. The average molecular weight is 650 g/mol. The summed E-state index contributed by atoms with van der Waals surface area (Å²) in [6.45, 7) is 4.29. The molecule has 0 aliphatic heterocycles. The Morgan fingerprint density at radius 3 is 1.13 bits per heavy atom. The van der Waals surface area contributed by atoms with Crippen molar-refractivity contribution >= 4 is 5.91 Å². The number of carbonyl (C=O) groups is 1. The van der Waals surface area contributed by atoms with E-state index >= 15 is 0 Å². The van der Waals surface area contributed by atoms with Crippen LogP contribution >= 0.6 is 0 Å². The lowest BCUT2D eigenvalue weighted by atomic mass is 10.0. The molecule has 274 valence electrons. The molecule has 0 radical (unpaired) electrons. The predicted octanol–water partition coefficient (Wildman–Crippen LogP) is 12.7. The topological polar surface area (TPSA) is 69.6 Å². The Morgan fingerprint density at radius 1 is 0.500 bits per heavy atom. The van der Waals surface area contributed by atoms with Crippen LogP contribution in [0.3, 0.4) is 0 Å². The lowest BCUT2D eigenvalue weighted by Crippen LogP contribution is -2.45. The van der Waals surface area contributed by atoms with E-state index in [4.69, 9.17) is 0 Å². The van der Waals surface area contributed by atoms with Gasteiger partial charge in [0.05, 0.1) is 18.8 Å². The van der Waals surface area contributed by atoms with Gasteiger partial charge in [-0.2, -0.15) is 0 Å². The lowest BCUT2D eigenvalue weighted by molar-refractivity contribution is -0.123. The van der Waals surface area contributed by atoms with Crippen molar-refractivity contribution in [3.8, 4) is 0 Å². The van der Waals surface area contributed by atoms with Gasteiger partial charge in [0.15, 0.2) is 0 Å². The standard InChI is InChI=1S/C42H83NO3/c1-3-5-7-9-11-13-14-15-16-17-18-19-20-21-22-23-24-25-26-27-28-29-30-31-33-35-37-41(45)40(39-44)43-42(46)38-36-34-32-12-10-8-6-4-2/h35,37,40-41,44-45H,3-34,36,38-39H2,1-2H3,(H,43,46)/b37-35+. The molecule has 3 N–H and O–H groups in total. The van der Waals surface area contributed by atoms with Crippen LogP contribution in [0.5, 0.6) is 0 Å². The number of aliphatic hydroxyl groups is 2. The summed E-state index contributed by atoms with van der Waals surface area (Å²) < 4.78 is 0. The molecule has 0 aliphatic carbocycles. The quantitative estimate of drug-likeness (QED) is 0.0460. The first kappa shape index (κ1) is 45.1. The first-order valence-corrected chi connectivity index (χ1v) is 20.9. The number of hydrogen-bond acceptors (Lipinski definition) is 3. The molecule has 0 aromatic heterocycles. The van der Waals surface area contributed by atoms with E-state index in [2.05, 4.69) is 19.2 Å². The maximum Gasteiger partial charge on any atom is 0.220 e. The Labute approximate surface area is 288 Å². The lowest BCUT2D eigenvalue weighted by Gasteiger charge is -2.20. The Bertz CT molecular complexity index is 622. The van der Waals surface area contributed by atoms with Gasteiger partial charge in [-0.15, -0.1) is 0 Å². The van der Waals surface area contributed by atoms with Gasteiger partial charge in [0.2, 0.25) is 5.91 Å². The molecule has 4 nitrogen and oxygen atoms in total. The third-order valence-corrected chi connectivity index (χ3v) is 9.77. The summed E-state index contributed by atoms with van der Waals surface area (Å²) in [6, 6.07) is -0.614. The molecule has 0 rings (SSSR count). The van der Waals surface area contributed by atoms with Gasteiger partial charge in [0.1, 0.15) is 0 Å². The summed E-state index contributed by atoms with van der Waals surface area (Å²) in [5.41, 5.74) is 0. The van der Waals surface area contributed by atoms with Gasteiger partial charge >= 0.3 is 0 Å². The van der Waals surface area contributed by atoms with Crippen LogP contribution < -0.4 is 5.32 Å². The second-order valence-electron chi connectivity index (χ2n) is 14.4. The van der Waals surface area contributed by atoms with E-state index in [0.717, 1.165) is 25.7 Å². The van der Waals surface area contributed by atoms with Crippen LogP contribution in [0.1, 0.15) is 232 Å². The third kappa shape index (κ3) is 34.5. The van der Waals surface area contributed by atoms with Crippen molar-refractivity contribution in [2.45, 2.75) is 244 Å². The molecule has 0 saturated carbocycles. The Balaban J connectivity index is 3.44. The second kappa shape index (κ2) is 38.6. The Hall–Kier alpha value is -0.870. The molecule has 0 aromatic rings. The highest BCUT2D eigenvalue weighted by atomic mass is 16.3. The minimum absolute atomic E-state index is 0.0671. The van der Waals surface area contributed by atoms with Gasteiger partial charge in [-0.1, -0.05) is 219 Å². The van der Waals surface area contributed by atoms with Gasteiger partial charge < -0.3 is 15.5 Å². The highest BCUT2D eigenvalue weighted by molar-refractivity contribution is 5.76. The maximum atomic E-state index is 12.2. The zero-order valence-corrected chi connectivity index (χ0v) is 31.4. The number of nitrogens with one attached hydrogen (secondary N) is 1. The number of aliphatic hydroxyl groups excluding tert-OH is 2. The molecule has 0 fully saturated rings. The van der Waals surface area contributed by atoms with E-state index < -0.39 is 12.1 Å². The van der Waals surface area contributed by atoms with Crippen molar-refractivity contribution in [1.29, 1.82) is 0 Å². The fourth-order valence-electron chi connectivity index (χ4n) is 6.53. The zero-order chi connectivity index (χ0) is 33.6. The predicted molar refractivity (Wildman–Crippen MR) is 202 cm³/mol. The van der Waals surface area contributed by atoms with Gasteiger partial charge in [0, 0.05) is 6.42 Å². The van der Waals surface area contributed by atoms with Crippen molar-refractivity contribution in [2.75, 3.05) is 6.61 Å². The molecule has 2 unspecified atom stereocenters. The van der Waals surface area contributed by atoms with Crippen molar-refractivity contribution in [1.82, 2.24) is 5.32 Å². The van der Waals surface area contributed by atoms with Crippen LogP contribution in [-0.4, -0.2) is 34.9 Å². The van der Waals surface area contributed by atoms with Crippen LogP contribution in [0, 0.1) is 0 Å². The fraction of sp³-hybridized carbons (Fsp3) is 0.929. The van der Waals surface area contributed by atoms with Crippen molar-refractivity contribution < 1.29 is 15.0 Å². The highest BCUT2D eigenvalue weighted by Gasteiger charge is 2.17. The van der Waals surface area contributed by atoms with Crippen LogP contribution in [0.25, 0.3) is 0 Å². The molecule has 0 aromatic carbocycles. The van der Waals surface area contributed by atoms with Gasteiger partial charge in [0.25, 0.3) is 0 Å². The number of carbonyl (C=O) groups excluding carboxylic acids is 1. The van der Waals surface area contributed by atoms with Crippen LogP contribution in [0.15, 0.2) is 12.2 Å². The third-order valence-electron chi connectivity index (χ3n) is 9.77. The molecule has 0 bridgehead atoms. The number of unbranched alkanes of at least 4 members (excludes halogenated alkanes) is 31. The first-order valence-electron chi connectivity index (χ1n) is 20.9. The number of hydrogen-bond donors (Lipinski definition) is 3. The van der Waals surface area contributed by atoms with Gasteiger partial charge in [-0.3, -0.25) is 4.79 Å². The Morgan fingerprint density at radius 2 is 0.804 bits per heavy atom. The van der Waals surface area contributed by atoms with E-state index in [1.54, 1.807) is 6.08 Å². The zero-order valence-electron chi connectivity index (χ0n) is 31.4. The summed E-state index contributed by atoms with van der Waals surface area (Å²) in [7, 11) is 0. The molecule has 4 heteroatoms. The van der Waals surface area contributed by atoms with Gasteiger partial charge in [-0.05, 0) is 19.3 Å². The highest BCUT2D eigenvalue weighted by Crippen LogP contribution is 2.16. The summed E-state index contributed by atoms with van der Waals surface area (Å²) >= 11 is 0. The van der Waals surface area contributed by atoms with Crippen molar-refractivity contribution in [3.63, 3.8) is 0 Å². The summed E-state index contributed by atoms with van der Waals surface area (Å²) in [4.78, 5) is 12.2. The van der Waals surface area contributed by atoms with Crippen LogP contribution in [0.2, 0.25) is 0 Å². The van der Waals surface area contributed by atoms with Crippen LogP contribution in [-0.2, 0) is 4.79 Å². The van der Waals surface area contributed by atoms with E-state index in [1.807, 2.05) is 6.08 Å². The first-order chi connectivity index (χ1) is 22.7. The molecule has 0 aliphatic rings. The normalized spacial score (nSPS) is 13.0. The van der Waals surface area contributed by atoms with Crippen molar-refractivity contribution in [2.24, 2.45) is 0 Å². The minimum atomic E-state index is -0.832. The van der Waals surface area contributed by atoms with E-state index in [9.17, 15) is 15.0 Å². The monoisotopic (exact) mass is 650 g/mol. The van der Waals surface area contributed by atoms with Crippen molar-refractivity contribution in [3.05, 3.63) is 12.2 Å².